The largest absolute Gasteiger partial charge is 0.462 e. The third kappa shape index (κ3) is 42.5. The van der Waals surface area contributed by atoms with Gasteiger partial charge in [0.25, 0.3) is 0 Å². The summed E-state index contributed by atoms with van der Waals surface area (Å²) in [6.07, 6.45) is 57.5. The topological polar surface area (TPSA) is 95.9 Å². The van der Waals surface area contributed by atoms with Crippen molar-refractivity contribution >= 4 is 11.9 Å². The summed E-state index contributed by atoms with van der Waals surface area (Å²) in [5.74, 6) is -0.518. The molecule has 0 aromatic heterocycles. The number of aliphatic hydroxyl groups excluding tert-OH is 2. The Bertz CT molecular complexity index is 1040. The molecule has 60 heavy (non-hydrogen) atoms. The molecule has 0 heterocycles. The van der Waals surface area contributed by atoms with E-state index in [2.05, 4.69) is 74.7 Å². The molecule has 0 aromatic rings. The van der Waals surface area contributed by atoms with E-state index in [0.29, 0.717) is 19.3 Å². The van der Waals surface area contributed by atoms with Gasteiger partial charge in [0.1, 0.15) is 6.10 Å². The zero-order chi connectivity index (χ0) is 43.8. The van der Waals surface area contributed by atoms with Crippen molar-refractivity contribution in [2.45, 2.75) is 277 Å². The number of carbonyl (C=O) groups is 2. The Kier molecular flexibility index (Phi) is 46.1. The van der Waals surface area contributed by atoms with Crippen molar-refractivity contribution in [2.24, 2.45) is 0 Å². The van der Waals surface area contributed by atoms with Crippen LogP contribution in [0.4, 0.5) is 0 Å². The Morgan fingerprint density at radius 3 is 1.40 bits per heavy atom. The second-order valence-electron chi connectivity index (χ2n) is 17.5. The van der Waals surface area contributed by atoms with Crippen LogP contribution in [0.25, 0.3) is 0 Å². The first-order valence-electron chi connectivity index (χ1n) is 25.9. The van der Waals surface area contributed by atoms with Gasteiger partial charge in [-0.15, -0.1) is 0 Å². The van der Waals surface area contributed by atoms with Gasteiger partial charge in [0.05, 0.1) is 25.2 Å². The normalized spacial score (nSPS) is 13.6. The quantitative estimate of drug-likeness (QED) is 0.0322. The van der Waals surface area contributed by atoms with Gasteiger partial charge in [-0.1, -0.05) is 211 Å². The third-order valence-electron chi connectivity index (χ3n) is 11.6. The Morgan fingerprint density at radius 1 is 0.500 bits per heavy atom. The number of esters is 1. The number of ether oxygens (including phenoxy) is 1. The van der Waals surface area contributed by atoms with Crippen LogP contribution in [-0.4, -0.2) is 46.9 Å². The van der Waals surface area contributed by atoms with E-state index >= 15 is 0 Å². The molecule has 0 spiro atoms. The van der Waals surface area contributed by atoms with E-state index in [1.807, 2.05) is 0 Å². The average molecular weight is 842 g/mol. The van der Waals surface area contributed by atoms with Gasteiger partial charge >= 0.3 is 5.97 Å². The van der Waals surface area contributed by atoms with Crippen LogP contribution in [0, 0.1) is 0 Å². The van der Waals surface area contributed by atoms with E-state index in [0.717, 1.165) is 83.5 Å². The Balaban J connectivity index is 4.59. The maximum atomic E-state index is 13.2. The summed E-state index contributed by atoms with van der Waals surface area (Å²) in [5, 5.41) is 23.7. The lowest BCUT2D eigenvalue weighted by atomic mass is 10.0. The fraction of sp³-hybridized carbons (Fsp3) is 0.815. The lowest BCUT2D eigenvalue weighted by Crippen LogP contribution is -2.46. The van der Waals surface area contributed by atoms with E-state index in [4.69, 9.17) is 4.74 Å². The fourth-order valence-electron chi connectivity index (χ4n) is 7.73. The molecule has 3 atom stereocenters. The Labute approximate surface area is 372 Å². The molecule has 0 aliphatic rings. The summed E-state index contributed by atoms with van der Waals surface area (Å²) in [6.45, 7) is 6.36. The van der Waals surface area contributed by atoms with Crippen LogP contribution in [0.15, 0.2) is 48.6 Å². The maximum absolute atomic E-state index is 13.2. The van der Waals surface area contributed by atoms with Gasteiger partial charge in [-0.3, -0.25) is 9.59 Å². The molecular formula is C54H99NO5. The SMILES string of the molecule is CC/C=C/C/C=C/C/C=C/CCCCC(CC(=O)NC(CO)C(O)CCCCCCCCCCCCCCC)OC(=O)CCCCCCC/C=C/CCCCCCCCC. The van der Waals surface area contributed by atoms with Crippen LogP contribution >= 0.6 is 0 Å². The van der Waals surface area contributed by atoms with Crippen LogP contribution in [-0.2, 0) is 14.3 Å². The van der Waals surface area contributed by atoms with E-state index in [1.54, 1.807) is 0 Å². The minimum Gasteiger partial charge on any atom is -0.462 e. The second-order valence-corrected chi connectivity index (χ2v) is 17.5. The molecule has 0 saturated carbocycles. The number of amides is 1. The molecule has 0 rings (SSSR count). The lowest BCUT2D eigenvalue weighted by molar-refractivity contribution is -0.151. The molecule has 0 aromatic carbocycles. The number of allylic oxidation sites excluding steroid dienone is 8. The molecule has 0 aliphatic carbocycles. The molecule has 6 nitrogen and oxygen atoms in total. The first-order chi connectivity index (χ1) is 29.5. The minimum absolute atomic E-state index is 0.0489. The highest BCUT2D eigenvalue weighted by Crippen LogP contribution is 2.17. The van der Waals surface area contributed by atoms with Gasteiger partial charge in [-0.2, -0.15) is 0 Å². The molecule has 0 fully saturated rings. The van der Waals surface area contributed by atoms with Crippen molar-refractivity contribution in [3.63, 3.8) is 0 Å². The van der Waals surface area contributed by atoms with Gasteiger partial charge in [0.15, 0.2) is 0 Å². The lowest BCUT2D eigenvalue weighted by Gasteiger charge is -2.24. The van der Waals surface area contributed by atoms with Crippen molar-refractivity contribution in [3.05, 3.63) is 48.6 Å². The highest BCUT2D eigenvalue weighted by molar-refractivity contribution is 5.77. The summed E-state index contributed by atoms with van der Waals surface area (Å²) in [4.78, 5) is 26.1. The highest BCUT2D eigenvalue weighted by atomic mass is 16.5. The number of nitrogens with one attached hydrogen (secondary N) is 1. The Hall–Kier alpha value is -2.18. The summed E-state index contributed by atoms with van der Waals surface area (Å²) >= 11 is 0. The van der Waals surface area contributed by atoms with Gasteiger partial charge < -0.3 is 20.3 Å². The van der Waals surface area contributed by atoms with Gasteiger partial charge in [-0.05, 0) is 83.5 Å². The summed E-state index contributed by atoms with van der Waals surface area (Å²) in [6, 6.07) is -0.714. The molecule has 3 N–H and O–H groups in total. The van der Waals surface area contributed by atoms with Gasteiger partial charge in [0, 0.05) is 6.42 Å². The zero-order valence-electron chi connectivity index (χ0n) is 39.8. The van der Waals surface area contributed by atoms with Crippen LogP contribution in [0.1, 0.15) is 258 Å². The maximum Gasteiger partial charge on any atom is 0.306 e. The number of hydrogen-bond donors (Lipinski definition) is 3. The third-order valence-corrected chi connectivity index (χ3v) is 11.6. The molecule has 0 aliphatic heterocycles. The predicted molar refractivity (Wildman–Crippen MR) is 259 cm³/mol. The smallest absolute Gasteiger partial charge is 0.306 e. The molecule has 3 unspecified atom stereocenters. The molecule has 350 valence electrons. The number of carbonyl (C=O) groups excluding carboxylic acids is 2. The first-order valence-corrected chi connectivity index (χ1v) is 25.9. The van der Waals surface area contributed by atoms with E-state index < -0.39 is 18.2 Å². The zero-order valence-corrected chi connectivity index (χ0v) is 39.8. The van der Waals surface area contributed by atoms with Crippen LogP contribution in [0.2, 0.25) is 0 Å². The molecule has 6 heteroatoms. The molecular weight excluding hydrogens is 743 g/mol. The van der Waals surface area contributed by atoms with Crippen LogP contribution in [0.5, 0.6) is 0 Å². The standard InChI is InChI=1S/C54H99NO5/c1-4-7-10-13-16-19-22-25-26-27-29-32-35-38-41-44-47-54(59)60-50(45-42-39-36-33-30-24-21-18-15-12-9-6-3)48-53(58)55-51(49-56)52(57)46-43-40-37-34-31-28-23-20-17-14-11-8-5-2/h9,12,18,21,26-27,30,33,50-52,56-57H,4-8,10-11,13-17,19-20,22-25,28-29,31-32,34-49H2,1-3H3,(H,55,58)/b12-9+,21-18+,27-26+,33-30+. The molecule has 0 radical (unpaired) electrons. The van der Waals surface area contributed by atoms with Crippen molar-refractivity contribution in [1.29, 1.82) is 0 Å². The molecule has 0 saturated heterocycles. The summed E-state index contributed by atoms with van der Waals surface area (Å²) in [5.41, 5.74) is 0. The number of unbranched alkanes of at least 4 members (excludes halogenated alkanes) is 26. The van der Waals surface area contributed by atoms with Crippen LogP contribution < -0.4 is 5.32 Å². The average Bonchev–Trinajstić information content (AvgIpc) is 3.24. The Morgan fingerprint density at radius 2 is 0.900 bits per heavy atom. The van der Waals surface area contributed by atoms with E-state index in [-0.39, 0.29) is 24.9 Å². The summed E-state index contributed by atoms with van der Waals surface area (Å²) < 4.78 is 5.91. The van der Waals surface area contributed by atoms with E-state index in [9.17, 15) is 19.8 Å². The molecule has 1 amide bonds. The fourth-order valence-corrected chi connectivity index (χ4v) is 7.73. The number of aliphatic hydroxyl groups is 2. The van der Waals surface area contributed by atoms with Gasteiger partial charge in [0.2, 0.25) is 5.91 Å². The van der Waals surface area contributed by atoms with Crippen molar-refractivity contribution in [3.8, 4) is 0 Å². The number of hydrogen-bond acceptors (Lipinski definition) is 5. The predicted octanol–water partition coefficient (Wildman–Crippen LogP) is 15.5. The van der Waals surface area contributed by atoms with Crippen molar-refractivity contribution in [1.82, 2.24) is 5.32 Å². The monoisotopic (exact) mass is 842 g/mol. The summed E-state index contributed by atoms with van der Waals surface area (Å²) in [7, 11) is 0. The van der Waals surface area contributed by atoms with Gasteiger partial charge in [-0.25, -0.2) is 0 Å². The van der Waals surface area contributed by atoms with E-state index in [1.165, 1.54) is 128 Å². The second kappa shape index (κ2) is 47.9. The van der Waals surface area contributed by atoms with Crippen molar-refractivity contribution in [2.75, 3.05) is 6.61 Å². The minimum atomic E-state index is -0.798. The first kappa shape index (κ1) is 57.8. The highest BCUT2D eigenvalue weighted by Gasteiger charge is 2.24. The van der Waals surface area contributed by atoms with Crippen molar-refractivity contribution < 1.29 is 24.5 Å². The van der Waals surface area contributed by atoms with Crippen LogP contribution in [0.3, 0.4) is 0 Å². The number of rotatable bonds is 46. The molecule has 0 bridgehead atoms.